The number of rotatable bonds is 5. The molecule has 0 saturated heterocycles. The number of esters is 1. The number of thiophene rings is 1. The first-order chi connectivity index (χ1) is 10.5. The van der Waals surface area contributed by atoms with Crippen LogP contribution in [-0.2, 0) is 9.53 Å². The zero-order valence-corrected chi connectivity index (χ0v) is 14.8. The fourth-order valence-corrected chi connectivity index (χ4v) is 3.38. The Morgan fingerprint density at radius 2 is 2.05 bits per heavy atom. The molecular weight excluding hydrogens is 390 g/mol. The van der Waals surface area contributed by atoms with Gasteiger partial charge in [-0.2, -0.15) is 0 Å². The van der Waals surface area contributed by atoms with Crippen LogP contribution in [0.1, 0.15) is 28.2 Å². The van der Waals surface area contributed by atoms with Crippen molar-refractivity contribution in [2.24, 2.45) is 0 Å². The van der Waals surface area contributed by atoms with E-state index in [2.05, 4.69) is 21.2 Å². The lowest BCUT2D eigenvalue weighted by molar-refractivity contribution is -0.124. The molecule has 1 amide bonds. The molecule has 0 bridgehead atoms. The van der Waals surface area contributed by atoms with Crippen molar-refractivity contribution in [3.63, 3.8) is 0 Å². The van der Waals surface area contributed by atoms with E-state index in [1.165, 1.54) is 0 Å². The fraction of sp³-hybridized carbons (Fsp3) is 0.200. The Balaban J connectivity index is 1.85. The van der Waals surface area contributed by atoms with E-state index in [1.54, 1.807) is 12.1 Å². The summed E-state index contributed by atoms with van der Waals surface area (Å²) in [6.45, 7) is 1.53. The van der Waals surface area contributed by atoms with Crippen molar-refractivity contribution in [2.75, 3.05) is 6.61 Å². The van der Waals surface area contributed by atoms with Gasteiger partial charge in [-0.1, -0.05) is 45.7 Å². The van der Waals surface area contributed by atoms with Crippen LogP contribution in [0.5, 0.6) is 0 Å². The van der Waals surface area contributed by atoms with Gasteiger partial charge in [0.2, 0.25) is 0 Å². The van der Waals surface area contributed by atoms with Crippen molar-refractivity contribution in [1.82, 2.24) is 5.32 Å². The van der Waals surface area contributed by atoms with Crippen LogP contribution in [0.3, 0.4) is 0 Å². The van der Waals surface area contributed by atoms with Gasteiger partial charge in [-0.25, -0.2) is 4.79 Å². The molecule has 0 saturated carbocycles. The van der Waals surface area contributed by atoms with Gasteiger partial charge in [-0.15, -0.1) is 11.3 Å². The summed E-state index contributed by atoms with van der Waals surface area (Å²) < 4.78 is 6.37. The molecule has 7 heteroatoms. The minimum Gasteiger partial charge on any atom is -0.451 e. The number of amides is 1. The number of halogens is 2. The summed E-state index contributed by atoms with van der Waals surface area (Å²) in [5.41, 5.74) is 0.951. The standard InChI is InChI=1S/C15H13BrClNO3S/c1-9(10-4-2-3-5-11(10)16)18-14(19)8-21-15(20)12-6-7-13(17)22-12/h2-7,9H,8H2,1H3,(H,18,19)/t9-/m0/s1. The maximum Gasteiger partial charge on any atom is 0.348 e. The highest BCUT2D eigenvalue weighted by Crippen LogP contribution is 2.23. The molecule has 2 rings (SSSR count). The van der Waals surface area contributed by atoms with Gasteiger partial charge in [-0.3, -0.25) is 4.79 Å². The van der Waals surface area contributed by atoms with Crippen molar-refractivity contribution in [3.8, 4) is 0 Å². The Hall–Kier alpha value is -1.37. The molecule has 0 aliphatic heterocycles. The van der Waals surface area contributed by atoms with Gasteiger partial charge < -0.3 is 10.1 Å². The number of hydrogen-bond donors (Lipinski definition) is 1. The Bertz CT molecular complexity index is 689. The second-order valence-corrected chi connectivity index (χ2v) is 7.06. The smallest absolute Gasteiger partial charge is 0.348 e. The monoisotopic (exact) mass is 401 g/mol. The minimum atomic E-state index is -0.555. The minimum absolute atomic E-state index is 0.196. The maximum absolute atomic E-state index is 11.9. The molecule has 4 nitrogen and oxygen atoms in total. The molecule has 22 heavy (non-hydrogen) atoms. The van der Waals surface area contributed by atoms with E-state index in [4.69, 9.17) is 16.3 Å². The summed E-state index contributed by atoms with van der Waals surface area (Å²) in [6, 6.07) is 10.6. The largest absolute Gasteiger partial charge is 0.451 e. The summed E-state index contributed by atoms with van der Waals surface area (Å²) in [6.07, 6.45) is 0. The molecule has 1 aromatic heterocycles. The molecule has 1 aromatic carbocycles. The van der Waals surface area contributed by atoms with E-state index in [1.807, 2.05) is 31.2 Å². The molecule has 0 radical (unpaired) electrons. The van der Waals surface area contributed by atoms with Crippen LogP contribution < -0.4 is 5.32 Å². The molecule has 0 fully saturated rings. The molecule has 1 atom stereocenters. The van der Waals surface area contributed by atoms with E-state index >= 15 is 0 Å². The molecule has 116 valence electrons. The van der Waals surface area contributed by atoms with Crippen molar-refractivity contribution in [1.29, 1.82) is 0 Å². The molecule has 1 heterocycles. The van der Waals surface area contributed by atoms with E-state index in [0.717, 1.165) is 21.4 Å². The first-order valence-corrected chi connectivity index (χ1v) is 8.42. The summed E-state index contributed by atoms with van der Waals surface area (Å²) in [7, 11) is 0. The van der Waals surface area contributed by atoms with Crippen LogP contribution in [0, 0.1) is 0 Å². The summed E-state index contributed by atoms with van der Waals surface area (Å²) in [4.78, 5) is 23.9. The summed E-state index contributed by atoms with van der Waals surface area (Å²) >= 11 is 10.3. The number of nitrogens with one attached hydrogen (secondary N) is 1. The molecular formula is C15H13BrClNO3S. The van der Waals surface area contributed by atoms with Crippen LogP contribution in [-0.4, -0.2) is 18.5 Å². The van der Waals surface area contributed by atoms with Gasteiger partial charge >= 0.3 is 5.97 Å². The Morgan fingerprint density at radius 3 is 2.68 bits per heavy atom. The lowest BCUT2D eigenvalue weighted by atomic mass is 10.1. The fourth-order valence-electron chi connectivity index (χ4n) is 1.81. The third-order valence-corrected chi connectivity index (χ3v) is 4.79. The van der Waals surface area contributed by atoms with Crippen LogP contribution in [0.4, 0.5) is 0 Å². The lowest BCUT2D eigenvalue weighted by Crippen LogP contribution is -2.31. The van der Waals surface area contributed by atoms with Gasteiger partial charge in [0, 0.05) is 4.47 Å². The second kappa shape index (κ2) is 7.76. The van der Waals surface area contributed by atoms with Crippen LogP contribution in [0.15, 0.2) is 40.9 Å². The molecule has 1 N–H and O–H groups in total. The van der Waals surface area contributed by atoms with Crippen LogP contribution in [0.25, 0.3) is 0 Å². The second-order valence-electron chi connectivity index (χ2n) is 4.49. The molecule has 0 aliphatic carbocycles. The first kappa shape index (κ1) is 17.0. The average molecular weight is 403 g/mol. The number of hydrogen-bond acceptors (Lipinski definition) is 4. The average Bonchev–Trinajstić information content (AvgIpc) is 2.91. The Morgan fingerprint density at radius 1 is 1.32 bits per heavy atom. The normalized spacial score (nSPS) is 11.8. The topological polar surface area (TPSA) is 55.4 Å². The third-order valence-electron chi connectivity index (χ3n) is 2.86. The van der Waals surface area contributed by atoms with Crippen molar-refractivity contribution in [2.45, 2.75) is 13.0 Å². The molecule has 2 aromatic rings. The quantitative estimate of drug-likeness (QED) is 0.763. The highest BCUT2D eigenvalue weighted by molar-refractivity contribution is 9.10. The third kappa shape index (κ3) is 4.56. The van der Waals surface area contributed by atoms with Crippen LogP contribution in [0.2, 0.25) is 4.34 Å². The number of benzene rings is 1. The molecule has 0 spiro atoms. The van der Waals surface area contributed by atoms with E-state index in [-0.39, 0.29) is 18.6 Å². The van der Waals surface area contributed by atoms with E-state index < -0.39 is 5.97 Å². The van der Waals surface area contributed by atoms with Gasteiger partial charge in [0.15, 0.2) is 6.61 Å². The van der Waals surface area contributed by atoms with Gasteiger partial charge in [0.05, 0.1) is 10.4 Å². The first-order valence-electron chi connectivity index (χ1n) is 6.43. The SMILES string of the molecule is C[C@H](NC(=O)COC(=O)c1ccc(Cl)s1)c1ccccc1Br. The van der Waals surface area contributed by atoms with E-state index in [0.29, 0.717) is 9.21 Å². The summed E-state index contributed by atoms with van der Waals surface area (Å²) in [5.74, 6) is -0.917. The predicted molar refractivity (Wildman–Crippen MR) is 90.3 cm³/mol. The summed E-state index contributed by atoms with van der Waals surface area (Å²) in [5, 5.41) is 2.78. The highest BCUT2D eigenvalue weighted by Gasteiger charge is 2.15. The molecule has 0 unspecified atom stereocenters. The van der Waals surface area contributed by atoms with Crippen molar-refractivity contribution in [3.05, 3.63) is 55.6 Å². The van der Waals surface area contributed by atoms with Crippen molar-refractivity contribution < 1.29 is 14.3 Å². The van der Waals surface area contributed by atoms with Crippen molar-refractivity contribution >= 4 is 50.7 Å². The number of carbonyl (C=O) groups excluding carboxylic acids is 2. The van der Waals surface area contributed by atoms with Gasteiger partial charge in [-0.05, 0) is 30.7 Å². The zero-order chi connectivity index (χ0) is 16.1. The predicted octanol–water partition coefficient (Wildman–Crippen LogP) is 4.20. The maximum atomic E-state index is 11.9. The Kier molecular flexibility index (Phi) is 5.99. The number of ether oxygens (including phenoxy) is 1. The zero-order valence-electron chi connectivity index (χ0n) is 11.6. The molecule has 0 aliphatic rings. The number of carbonyl (C=O) groups is 2. The van der Waals surface area contributed by atoms with Gasteiger partial charge in [0.1, 0.15) is 4.88 Å². The lowest BCUT2D eigenvalue weighted by Gasteiger charge is -2.15. The Labute approximate surface area is 145 Å². The van der Waals surface area contributed by atoms with Crippen LogP contribution >= 0.6 is 38.9 Å². The van der Waals surface area contributed by atoms with Gasteiger partial charge in [0.25, 0.3) is 5.91 Å². The van der Waals surface area contributed by atoms with E-state index in [9.17, 15) is 9.59 Å². The highest BCUT2D eigenvalue weighted by atomic mass is 79.9.